The first-order chi connectivity index (χ1) is 13.7. The highest BCUT2D eigenvalue weighted by molar-refractivity contribution is 7.92. The lowest BCUT2D eigenvalue weighted by atomic mass is 10.0. The van der Waals surface area contributed by atoms with Gasteiger partial charge in [-0.25, -0.2) is 12.8 Å². The number of hydrogen-bond donors (Lipinski definition) is 2. The van der Waals surface area contributed by atoms with Gasteiger partial charge in [-0.05, 0) is 36.6 Å². The van der Waals surface area contributed by atoms with Gasteiger partial charge in [-0.2, -0.15) is 0 Å². The lowest BCUT2D eigenvalue weighted by Gasteiger charge is -2.19. The molecule has 156 valence electrons. The number of halogens is 1. The number of benzene rings is 2. The molecule has 0 aliphatic heterocycles. The van der Waals surface area contributed by atoms with Crippen molar-refractivity contribution < 1.29 is 27.1 Å². The molecule has 7 nitrogen and oxygen atoms in total. The smallest absolute Gasteiger partial charge is 0.305 e. The lowest BCUT2D eigenvalue weighted by Crippen LogP contribution is -2.37. The number of carbonyl (C=O) groups is 2. The Kier molecular flexibility index (Phi) is 7.72. The van der Waals surface area contributed by atoms with Gasteiger partial charge in [0.2, 0.25) is 10.0 Å². The molecule has 2 N–H and O–H groups in total. The fourth-order valence-corrected chi connectivity index (χ4v) is 3.29. The Morgan fingerprint density at radius 2 is 1.83 bits per heavy atom. The Bertz CT molecular complexity index is 964. The van der Waals surface area contributed by atoms with Crippen LogP contribution in [0.5, 0.6) is 0 Å². The van der Waals surface area contributed by atoms with E-state index in [0.717, 1.165) is 24.0 Å². The summed E-state index contributed by atoms with van der Waals surface area (Å²) < 4.78 is 43.3. The number of esters is 1. The van der Waals surface area contributed by atoms with Crippen molar-refractivity contribution in [2.45, 2.75) is 25.3 Å². The first-order valence-corrected chi connectivity index (χ1v) is 10.8. The van der Waals surface area contributed by atoms with E-state index in [1.165, 1.54) is 13.2 Å². The van der Waals surface area contributed by atoms with E-state index in [0.29, 0.717) is 12.8 Å². The van der Waals surface area contributed by atoms with Crippen molar-refractivity contribution in [2.75, 3.05) is 18.1 Å². The molecule has 0 saturated carbocycles. The number of nitrogens with one attached hydrogen (secondary N) is 2. The summed E-state index contributed by atoms with van der Waals surface area (Å²) in [6, 6.07) is 12.5. The number of ether oxygens (including phenoxy) is 1. The highest BCUT2D eigenvalue weighted by atomic mass is 32.2. The van der Waals surface area contributed by atoms with Gasteiger partial charge in [-0.15, -0.1) is 0 Å². The number of amides is 1. The molecule has 0 saturated heterocycles. The van der Waals surface area contributed by atoms with Crippen LogP contribution >= 0.6 is 0 Å². The van der Waals surface area contributed by atoms with Gasteiger partial charge in [0.1, 0.15) is 5.82 Å². The van der Waals surface area contributed by atoms with E-state index in [-0.39, 0.29) is 23.7 Å². The van der Waals surface area contributed by atoms with Crippen LogP contribution in [-0.2, 0) is 26.0 Å². The van der Waals surface area contributed by atoms with Crippen molar-refractivity contribution in [3.63, 3.8) is 0 Å². The average Bonchev–Trinajstić information content (AvgIpc) is 2.67. The number of methoxy groups -OCH3 is 1. The van der Waals surface area contributed by atoms with Crippen LogP contribution in [0.4, 0.5) is 10.1 Å². The van der Waals surface area contributed by atoms with Gasteiger partial charge in [-0.3, -0.25) is 14.3 Å². The Morgan fingerprint density at radius 3 is 2.45 bits per heavy atom. The summed E-state index contributed by atoms with van der Waals surface area (Å²) in [7, 11) is -2.41. The van der Waals surface area contributed by atoms with Crippen LogP contribution in [0.2, 0.25) is 0 Å². The van der Waals surface area contributed by atoms with Gasteiger partial charge in [0.05, 0.1) is 19.1 Å². The van der Waals surface area contributed by atoms with Crippen LogP contribution in [-0.4, -0.2) is 39.7 Å². The molecule has 0 aliphatic rings. The molecule has 1 atom stereocenters. The topological polar surface area (TPSA) is 102 Å². The van der Waals surface area contributed by atoms with Gasteiger partial charge in [0, 0.05) is 18.0 Å². The monoisotopic (exact) mass is 422 g/mol. The molecule has 0 aromatic heterocycles. The summed E-state index contributed by atoms with van der Waals surface area (Å²) in [5.74, 6) is -1.69. The summed E-state index contributed by atoms with van der Waals surface area (Å²) in [5.41, 5.74) is 0.754. The SMILES string of the molecule is COC(=O)CCC(Cc1ccccc1)NC(=O)c1ccc(F)c(NS(C)(=O)=O)c1. The Morgan fingerprint density at radius 1 is 1.14 bits per heavy atom. The van der Waals surface area contributed by atoms with E-state index in [9.17, 15) is 22.4 Å². The number of rotatable bonds is 9. The number of hydrogen-bond acceptors (Lipinski definition) is 5. The van der Waals surface area contributed by atoms with Crippen LogP contribution in [0, 0.1) is 5.82 Å². The second kappa shape index (κ2) is 10.0. The molecule has 0 heterocycles. The molecule has 0 spiro atoms. The summed E-state index contributed by atoms with van der Waals surface area (Å²) in [4.78, 5) is 24.2. The maximum atomic E-state index is 13.9. The maximum Gasteiger partial charge on any atom is 0.305 e. The fraction of sp³-hybridized carbons (Fsp3) is 0.300. The van der Waals surface area contributed by atoms with E-state index < -0.39 is 27.7 Å². The van der Waals surface area contributed by atoms with Crippen LogP contribution in [0.15, 0.2) is 48.5 Å². The molecular formula is C20H23FN2O5S. The van der Waals surface area contributed by atoms with Crippen molar-refractivity contribution in [3.8, 4) is 0 Å². The molecule has 2 aromatic carbocycles. The van der Waals surface area contributed by atoms with E-state index in [1.807, 2.05) is 35.1 Å². The van der Waals surface area contributed by atoms with Gasteiger partial charge in [-0.1, -0.05) is 30.3 Å². The predicted molar refractivity (Wildman–Crippen MR) is 108 cm³/mol. The molecule has 0 bridgehead atoms. The number of carbonyl (C=O) groups excluding carboxylic acids is 2. The van der Waals surface area contributed by atoms with Crippen LogP contribution < -0.4 is 10.0 Å². The zero-order valence-corrected chi connectivity index (χ0v) is 17.0. The average molecular weight is 422 g/mol. The van der Waals surface area contributed by atoms with E-state index in [4.69, 9.17) is 0 Å². The Labute approximate surface area is 169 Å². The maximum absolute atomic E-state index is 13.9. The second-order valence-electron chi connectivity index (χ2n) is 6.54. The molecule has 0 fully saturated rings. The van der Waals surface area contributed by atoms with E-state index >= 15 is 0 Å². The Hall–Kier alpha value is -2.94. The first-order valence-electron chi connectivity index (χ1n) is 8.87. The third-order valence-electron chi connectivity index (χ3n) is 4.11. The fourth-order valence-electron chi connectivity index (χ4n) is 2.73. The highest BCUT2D eigenvalue weighted by Crippen LogP contribution is 2.18. The minimum atomic E-state index is -3.70. The number of anilines is 1. The number of sulfonamides is 1. The van der Waals surface area contributed by atoms with Crippen LogP contribution in [0.25, 0.3) is 0 Å². The van der Waals surface area contributed by atoms with Crippen LogP contribution in [0.3, 0.4) is 0 Å². The third-order valence-corrected chi connectivity index (χ3v) is 4.70. The lowest BCUT2D eigenvalue weighted by molar-refractivity contribution is -0.140. The molecule has 1 amide bonds. The summed E-state index contributed by atoms with van der Waals surface area (Å²) in [6.45, 7) is 0. The molecule has 2 aromatic rings. The van der Waals surface area contributed by atoms with E-state index in [1.54, 1.807) is 0 Å². The summed E-state index contributed by atoms with van der Waals surface area (Å²) in [6.07, 6.45) is 1.85. The van der Waals surface area contributed by atoms with Crippen molar-refractivity contribution >= 4 is 27.6 Å². The summed E-state index contributed by atoms with van der Waals surface area (Å²) in [5, 5.41) is 2.82. The molecule has 29 heavy (non-hydrogen) atoms. The molecule has 1 unspecified atom stereocenters. The van der Waals surface area contributed by atoms with E-state index in [2.05, 4.69) is 10.1 Å². The van der Waals surface area contributed by atoms with Gasteiger partial charge < -0.3 is 10.1 Å². The second-order valence-corrected chi connectivity index (χ2v) is 8.29. The highest BCUT2D eigenvalue weighted by Gasteiger charge is 2.18. The van der Waals surface area contributed by atoms with Gasteiger partial charge >= 0.3 is 5.97 Å². The van der Waals surface area contributed by atoms with Crippen molar-refractivity contribution in [2.24, 2.45) is 0 Å². The quantitative estimate of drug-likeness (QED) is 0.605. The molecule has 0 radical (unpaired) electrons. The predicted octanol–water partition coefficient (Wildman–Crippen LogP) is 2.49. The minimum absolute atomic E-state index is 0.0914. The zero-order valence-electron chi connectivity index (χ0n) is 16.1. The molecular weight excluding hydrogens is 399 g/mol. The van der Waals surface area contributed by atoms with Crippen LogP contribution in [0.1, 0.15) is 28.8 Å². The molecule has 2 rings (SSSR count). The standard InChI is InChI=1S/C20H23FN2O5S/c1-28-19(24)11-9-16(12-14-6-4-3-5-7-14)22-20(25)15-8-10-17(21)18(13-15)23-29(2,26)27/h3-8,10,13,16,23H,9,11-12H2,1-2H3,(H,22,25). The largest absolute Gasteiger partial charge is 0.469 e. The van der Waals surface area contributed by atoms with Crippen molar-refractivity contribution in [1.82, 2.24) is 5.32 Å². The van der Waals surface area contributed by atoms with Crippen molar-refractivity contribution in [3.05, 3.63) is 65.5 Å². The molecule has 0 aliphatic carbocycles. The minimum Gasteiger partial charge on any atom is -0.469 e. The third kappa shape index (κ3) is 7.53. The Balaban J connectivity index is 2.17. The zero-order chi connectivity index (χ0) is 21.4. The normalized spacial score (nSPS) is 12.1. The van der Waals surface area contributed by atoms with Gasteiger partial charge in [0.25, 0.3) is 5.91 Å². The summed E-state index contributed by atoms with van der Waals surface area (Å²) >= 11 is 0. The van der Waals surface area contributed by atoms with Gasteiger partial charge in [0.15, 0.2) is 0 Å². The van der Waals surface area contributed by atoms with Crippen molar-refractivity contribution in [1.29, 1.82) is 0 Å². The molecule has 9 heteroatoms. The first kappa shape index (κ1) is 22.4.